The van der Waals surface area contributed by atoms with E-state index in [9.17, 15) is 0 Å². The third-order valence-corrected chi connectivity index (χ3v) is 3.01. The molecule has 0 atom stereocenters. The molecule has 0 bridgehead atoms. The highest BCUT2D eigenvalue weighted by molar-refractivity contribution is 5.44. The van der Waals surface area contributed by atoms with E-state index in [0.29, 0.717) is 12.0 Å². The molecule has 6 nitrogen and oxygen atoms in total. The Morgan fingerprint density at radius 2 is 1.50 bits per heavy atom. The van der Waals surface area contributed by atoms with Gasteiger partial charge in [-0.3, -0.25) is 0 Å². The van der Waals surface area contributed by atoms with Crippen molar-refractivity contribution in [2.45, 2.75) is 39.5 Å². The van der Waals surface area contributed by atoms with Crippen LogP contribution in [-0.2, 0) is 0 Å². The molecule has 0 unspecified atom stereocenters. The molecule has 0 aromatic carbocycles. The topological polar surface area (TPSA) is 81.3 Å². The zero-order valence-corrected chi connectivity index (χ0v) is 12.1. The van der Waals surface area contributed by atoms with Crippen molar-refractivity contribution in [3.63, 3.8) is 0 Å². The van der Waals surface area contributed by atoms with E-state index in [0.717, 1.165) is 50.2 Å². The van der Waals surface area contributed by atoms with Crippen molar-refractivity contribution in [3.8, 4) is 0 Å². The second-order valence-corrected chi connectivity index (χ2v) is 4.90. The first-order valence-corrected chi connectivity index (χ1v) is 7.02. The Hall–Kier alpha value is -1.82. The van der Waals surface area contributed by atoms with Gasteiger partial charge in [-0.05, 0) is 33.2 Å². The van der Waals surface area contributed by atoms with E-state index in [1.807, 2.05) is 18.7 Å². The SMILES string of the molecule is Cc1coc(N(CCCCCCN)c2nc(C)co2)n1. The first-order chi connectivity index (χ1) is 9.70. The minimum absolute atomic E-state index is 0.531. The molecule has 0 fully saturated rings. The highest BCUT2D eigenvalue weighted by Crippen LogP contribution is 2.24. The molecule has 20 heavy (non-hydrogen) atoms. The number of aryl methyl sites for hydroxylation is 2. The third-order valence-electron chi connectivity index (χ3n) is 3.01. The van der Waals surface area contributed by atoms with E-state index in [4.69, 9.17) is 14.6 Å². The van der Waals surface area contributed by atoms with Gasteiger partial charge in [0.15, 0.2) is 0 Å². The standard InChI is InChI=1S/C14H22N4O2/c1-11-9-19-13(16-11)18(8-6-4-3-5-7-15)14-17-12(2)10-20-14/h9-10H,3-8,15H2,1-2H3. The predicted octanol–water partition coefficient (Wildman–Crippen LogP) is 2.94. The van der Waals surface area contributed by atoms with Gasteiger partial charge in [0, 0.05) is 6.54 Å². The Labute approximate surface area is 119 Å². The number of hydrogen-bond donors (Lipinski definition) is 1. The summed E-state index contributed by atoms with van der Waals surface area (Å²) in [5.74, 6) is 0. The smallest absolute Gasteiger partial charge is 0.305 e. The van der Waals surface area contributed by atoms with Gasteiger partial charge in [-0.15, -0.1) is 0 Å². The number of nitrogens with zero attached hydrogens (tertiary/aromatic N) is 3. The predicted molar refractivity (Wildman–Crippen MR) is 77.0 cm³/mol. The molecular weight excluding hydrogens is 256 g/mol. The van der Waals surface area contributed by atoms with Crippen LogP contribution in [0.25, 0.3) is 0 Å². The summed E-state index contributed by atoms with van der Waals surface area (Å²) in [5.41, 5.74) is 7.19. The highest BCUT2D eigenvalue weighted by Gasteiger charge is 2.18. The van der Waals surface area contributed by atoms with Crippen LogP contribution in [0.1, 0.15) is 37.1 Å². The monoisotopic (exact) mass is 278 g/mol. The van der Waals surface area contributed by atoms with Gasteiger partial charge in [0.25, 0.3) is 0 Å². The lowest BCUT2D eigenvalue weighted by molar-refractivity contribution is 0.500. The van der Waals surface area contributed by atoms with Crippen LogP contribution < -0.4 is 10.6 Å². The first-order valence-electron chi connectivity index (χ1n) is 7.02. The Kier molecular flexibility index (Phi) is 5.17. The zero-order chi connectivity index (χ0) is 14.4. The van der Waals surface area contributed by atoms with E-state index < -0.39 is 0 Å². The Morgan fingerprint density at radius 3 is 1.95 bits per heavy atom. The van der Waals surface area contributed by atoms with Crippen molar-refractivity contribution in [1.29, 1.82) is 0 Å². The van der Waals surface area contributed by atoms with E-state index >= 15 is 0 Å². The van der Waals surface area contributed by atoms with E-state index in [1.54, 1.807) is 12.5 Å². The van der Waals surface area contributed by atoms with Crippen molar-refractivity contribution in [2.75, 3.05) is 18.0 Å². The van der Waals surface area contributed by atoms with Crippen LogP contribution in [0, 0.1) is 13.8 Å². The van der Waals surface area contributed by atoms with Crippen LogP contribution in [0.4, 0.5) is 12.0 Å². The minimum Gasteiger partial charge on any atom is -0.431 e. The molecule has 2 aromatic heterocycles. The maximum Gasteiger partial charge on any atom is 0.305 e. The summed E-state index contributed by atoms with van der Waals surface area (Å²) in [4.78, 5) is 10.6. The molecule has 0 spiro atoms. The first kappa shape index (κ1) is 14.6. The van der Waals surface area contributed by atoms with Crippen LogP contribution in [0.5, 0.6) is 0 Å². The molecule has 0 radical (unpaired) electrons. The second kappa shape index (κ2) is 7.09. The van der Waals surface area contributed by atoms with E-state index in [-0.39, 0.29) is 0 Å². The Morgan fingerprint density at radius 1 is 0.950 bits per heavy atom. The number of rotatable bonds is 8. The quantitative estimate of drug-likeness (QED) is 0.748. The maximum absolute atomic E-state index is 5.50. The zero-order valence-electron chi connectivity index (χ0n) is 12.1. The number of oxazole rings is 2. The number of aromatic nitrogens is 2. The molecule has 2 rings (SSSR count). The molecule has 0 saturated carbocycles. The Balaban J connectivity index is 2.01. The molecule has 2 N–H and O–H groups in total. The summed E-state index contributed by atoms with van der Waals surface area (Å²) < 4.78 is 10.9. The molecular formula is C14H22N4O2. The fourth-order valence-electron chi connectivity index (χ4n) is 1.97. The van der Waals surface area contributed by atoms with Crippen molar-refractivity contribution < 1.29 is 8.83 Å². The lowest BCUT2D eigenvalue weighted by atomic mass is 10.2. The molecule has 6 heteroatoms. The van der Waals surface area contributed by atoms with Gasteiger partial charge in [-0.2, -0.15) is 9.97 Å². The molecule has 110 valence electrons. The lowest BCUT2D eigenvalue weighted by Gasteiger charge is -2.15. The molecule has 0 aliphatic carbocycles. The molecule has 0 amide bonds. The van der Waals surface area contributed by atoms with Gasteiger partial charge < -0.3 is 14.6 Å². The van der Waals surface area contributed by atoms with Crippen molar-refractivity contribution >= 4 is 12.0 Å². The van der Waals surface area contributed by atoms with Crippen molar-refractivity contribution in [1.82, 2.24) is 9.97 Å². The summed E-state index contributed by atoms with van der Waals surface area (Å²) in [6.07, 6.45) is 7.60. The van der Waals surface area contributed by atoms with Crippen molar-refractivity contribution in [2.24, 2.45) is 5.73 Å². The maximum atomic E-state index is 5.50. The highest BCUT2D eigenvalue weighted by atomic mass is 16.4. The van der Waals surface area contributed by atoms with Crippen molar-refractivity contribution in [3.05, 3.63) is 23.9 Å². The average molecular weight is 278 g/mol. The van der Waals surface area contributed by atoms with Crippen LogP contribution >= 0.6 is 0 Å². The van der Waals surface area contributed by atoms with E-state index in [1.165, 1.54) is 0 Å². The number of nitrogens with two attached hydrogens (primary N) is 1. The second-order valence-electron chi connectivity index (χ2n) is 4.90. The summed E-state index contributed by atoms with van der Waals surface area (Å²) >= 11 is 0. The summed E-state index contributed by atoms with van der Waals surface area (Å²) in [5, 5.41) is 0. The van der Waals surface area contributed by atoms with E-state index in [2.05, 4.69) is 9.97 Å². The molecule has 0 saturated heterocycles. The lowest BCUT2D eigenvalue weighted by Crippen LogP contribution is -2.19. The number of unbranched alkanes of at least 4 members (excludes halogenated alkanes) is 3. The summed E-state index contributed by atoms with van der Waals surface area (Å²) in [6.45, 7) is 5.31. The van der Waals surface area contributed by atoms with Crippen LogP contribution in [0.3, 0.4) is 0 Å². The van der Waals surface area contributed by atoms with Gasteiger partial charge >= 0.3 is 12.0 Å². The summed E-state index contributed by atoms with van der Waals surface area (Å²) in [7, 11) is 0. The molecule has 0 aliphatic heterocycles. The minimum atomic E-state index is 0.531. The fraction of sp³-hybridized carbons (Fsp3) is 0.571. The largest absolute Gasteiger partial charge is 0.431 e. The van der Waals surface area contributed by atoms with Gasteiger partial charge in [-0.1, -0.05) is 12.8 Å². The van der Waals surface area contributed by atoms with Crippen LogP contribution in [0.2, 0.25) is 0 Å². The van der Waals surface area contributed by atoms with Gasteiger partial charge in [-0.25, -0.2) is 4.90 Å². The Bertz CT molecular complexity index is 480. The third kappa shape index (κ3) is 3.84. The average Bonchev–Trinajstić information content (AvgIpc) is 3.03. The van der Waals surface area contributed by atoms with Gasteiger partial charge in [0.05, 0.1) is 11.4 Å². The molecule has 2 aromatic rings. The van der Waals surface area contributed by atoms with Crippen LogP contribution in [0.15, 0.2) is 21.4 Å². The molecule has 0 aliphatic rings. The normalized spacial score (nSPS) is 10.9. The molecule has 2 heterocycles. The fourth-order valence-corrected chi connectivity index (χ4v) is 1.97. The van der Waals surface area contributed by atoms with Gasteiger partial charge in [0.2, 0.25) is 0 Å². The van der Waals surface area contributed by atoms with Crippen LogP contribution in [-0.4, -0.2) is 23.1 Å². The number of hydrogen-bond acceptors (Lipinski definition) is 6. The summed E-state index contributed by atoms with van der Waals surface area (Å²) in [6, 6.07) is 1.06. The number of anilines is 2. The van der Waals surface area contributed by atoms with Gasteiger partial charge in [0.1, 0.15) is 12.5 Å².